The molecule has 1 aromatic carbocycles. The van der Waals surface area contributed by atoms with Crippen molar-refractivity contribution in [3.05, 3.63) is 41.5 Å². The van der Waals surface area contributed by atoms with Crippen LogP contribution in [0.1, 0.15) is 71.3 Å². The second-order valence-corrected chi connectivity index (χ2v) is 6.61. The summed E-state index contributed by atoms with van der Waals surface area (Å²) in [6.07, 6.45) is 9.35. The molecule has 4 heteroatoms. The van der Waals surface area contributed by atoms with Gasteiger partial charge in [0, 0.05) is 17.3 Å². The molecule has 0 aliphatic rings. The quantitative estimate of drug-likeness (QED) is 0.475. The van der Waals surface area contributed by atoms with E-state index in [9.17, 15) is 13.9 Å². The smallest absolute Gasteiger partial charge is 0.168 e. The summed E-state index contributed by atoms with van der Waals surface area (Å²) in [5.41, 5.74) is 0.652. The maximum atomic E-state index is 14.2. The van der Waals surface area contributed by atoms with E-state index in [-0.39, 0.29) is 18.2 Å². The third-order valence-electron chi connectivity index (χ3n) is 4.72. The van der Waals surface area contributed by atoms with Gasteiger partial charge in [-0.15, -0.1) is 0 Å². The maximum Gasteiger partial charge on any atom is 0.168 e. The lowest BCUT2D eigenvalue weighted by Crippen LogP contribution is -2.35. The van der Waals surface area contributed by atoms with Crippen LogP contribution in [0.25, 0.3) is 5.70 Å². The molecule has 0 bridgehead atoms. The highest BCUT2D eigenvalue weighted by Gasteiger charge is 2.21. The molecule has 142 valence electrons. The van der Waals surface area contributed by atoms with Gasteiger partial charge in [-0.2, -0.15) is 0 Å². The third kappa shape index (κ3) is 6.77. The van der Waals surface area contributed by atoms with Crippen molar-refractivity contribution in [2.45, 2.75) is 71.8 Å². The van der Waals surface area contributed by atoms with Crippen LogP contribution < -0.4 is 5.32 Å². The Morgan fingerprint density at radius 3 is 2.48 bits per heavy atom. The number of aliphatic hydroxyl groups excluding tert-OH is 1. The summed E-state index contributed by atoms with van der Waals surface area (Å²) >= 11 is 0. The predicted octanol–water partition coefficient (Wildman–Crippen LogP) is 5.66. The van der Waals surface area contributed by atoms with E-state index in [0.29, 0.717) is 11.6 Å². The van der Waals surface area contributed by atoms with Crippen LogP contribution >= 0.6 is 0 Å². The van der Waals surface area contributed by atoms with E-state index in [4.69, 9.17) is 0 Å². The lowest BCUT2D eigenvalue weighted by molar-refractivity contribution is 0.319. The van der Waals surface area contributed by atoms with Crippen molar-refractivity contribution in [3.63, 3.8) is 0 Å². The van der Waals surface area contributed by atoms with Crippen LogP contribution in [0.3, 0.4) is 0 Å². The van der Waals surface area contributed by atoms with E-state index in [1.165, 1.54) is 31.4 Å². The average molecular weight is 353 g/mol. The molecule has 1 rings (SSSR count). The van der Waals surface area contributed by atoms with Gasteiger partial charge in [0.25, 0.3) is 0 Å². The van der Waals surface area contributed by atoms with Crippen molar-refractivity contribution in [1.82, 2.24) is 5.32 Å². The topological polar surface area (TPSA) is 32.3 Å². The second kappa shape index (κ2) is 12.0. The van der Waals surface area contributed by atoms with Gasteiger partial charge in [-0.1, -0.05) is 52.5 Å². The fourth-order valence-corrected chi connectivity index (χ4v) is 3.38. The fraction of sp³-hybridized carbons (Fsp3) is 0.619. The molecule has 1 aromatic rings. The highest BCUT2D eigenvalue weighted by Crippen LogP contribution is 2.25. The molecule has 0 aliphatic heterocycles. The minimum atomic E-state index is -0.873. The zero-order chi connectivity index (χ0) is 18.7. The molecule has 0 radical (unpaired) electrons. The van der Waals surface area contributed by atoms with Gasteiger partial charge in [0.15, 0.2) is 11.6 Å². The Bertz CT molecular complexity index is 531. The minimum Gasteiger partial charge on any atom is -0.392 e. The first-order valence-electron chi connectivity index (χ1n) is 9.60. The summed E-state index contributed by atoms with van der Waals surface area (Å²) in [5.74, 6) is -1.26. The zero-order valence-electron chi connectivity index (χ0n) is 15.8. The highest BCUT2D eigenvalue weighted by atomic mass is 19.2. The first kappa shape index (κ1) is 21.6. The van der Waals surface area contributed by atoms with E-state index in [1.54, 1.807) is 6.07 Å². The van der Waals surface area contributed by atoms with Gasteiger partial charge < -0.3 is 10.4 Å². The highest BCUT2D eigenvalue weighted by molar-refractivity contribution is 5.64. The van der Waals surface area contributed by atoms with E-state index in [1.807, 2.05) is 0 Å². The molecule has 2 atom stereocenters. The molecular formula is C21H33F2NO. The van der Waals surface area contributed by atoms with Crippen molar-refractivity contribution in [2.75, 3.05) is 6.61 Å². The lowest BCUT2D eigenvalue weighted by atomic mass is 9.87. The van der Waals surface area contributed by atoms with Gasteiger partial charge in [0.1, 0.15) is 0 Å². The third-order valence-corrected chi connectivity index (χ3v) is 4.72. The summed E-state index contributed by atoms with van der Waals surface area (Å²) in [7, 11) is 0. The first-order chi connectivity index (χ1) is 12.1. The molecule has 0 saturated carbocycles. The van der Waals surface area contributed by atoms with Gasteiger partial charge in [0.05, 0.1) is 6.61 Å². The Kier molecular flexibility index (Phi) is 10.4. The number of unbranched alkanes of at least 4 members (excludes halogenated alkanes) is 2. The van der Waals surface area contributed by atoms with Crippen LogP contribution in [0.15, 0.2) is 24.3 Å². The number of hydrogen-bond donors (Lipinski definition) is 2. The van der Waals surface area contributed by atoms with E-state index in [0.717, 1.165) is 31.7 Å². The Hall–Kier alpha value is -1.42. The van der Waals surface area contributed by atoms with Gasteiger partial charge in [-0.05, 0) is 43.4 Å². The molecule has 0 aliphatic carbocycles. The van der Waals surface area contributed by atoms with Gasteiger partial charge in [-0.25, -0.2) is 8.78 Å². The molecule has 0 fully saturated rings. The molecule has 0 amide bonds. The Morgan fingerprint density at radius 2 is 1.88 bits per heavy atom. The number of halogens is 2. The van der Waals surface area contributed by atoms with Crippen LogP contribution in [0, 0.1) is 17.6 Å². The van der Waals surface area contributed by atoms with E-state index in [2.05, 4.69) is 26.1 Å². The summed E-state index contributed by atoms with van der Waals surface area (Å²) in [5, 5.41) is 12.7. The number of hydrogen-bond acceptors (Lipinski definition) is 2. The molecule has 0 aromatic heterocycles. The standard InChI is InChI=1S/C21H33F2NO/c1-4-7-8-11-16(10-5-2)19(6-3)24-20(14-15-25)17-12-9-13-18(22)21(17)23/h9,12-14,16,19,24-25H,4-8,10-11,15H2,1-3H3/b20-14+. The lowest BCUT2D eigenvalue weighted by Gasteiger charge is -2.29. The maximum absolute atomic E-state index is 14.2. The molecule has 0 heterocycles. The van der Waals surface area contributed by atoms with E-state index >= 15 is 0 Å². The first-order valence-corrected chi connectivity index (χ1v) is 9.60. The Morgan fingerprint density at radius 1 is 1.12 bits per heavy atom. The number of benzene rings is 1. The molecular weight excluding hydrogens is 320 g/mol. The fourth-order valence-electron chi connectivity index (χ4n) is 3.38. The number of rotatable bonds is 12. The second-order valence-electron chi connectivity index (χ2n) is 6.61. The number of aliphatic hydroxyl groups is 1. The summed E-state index contributed by atoms with van der Waals surface area (Å²) in [4.78, 5) is 0. The number of nitrogens with one attached hydrogen (secondary N) is 1. The van der Waals surface area contributed by atoms with Crippen molar-refractivity contribution in [3.8, 4) is 0 Å². The summed E-state index contributed by atoms with van der Waals surface area (Å²) < 4.78 is 27.8. The largest absolute Gasteiger partial charge is 0.392 e. The summed E-state index contributed by atoms with van der Waals surface area (Å²) in [6.45, 7) is 6.26. The van der Waals surface area contributed by atoms with Crippen LogP contribution in [0.5, 0.6) is 0 Å². The van der Waals surface area contributed by atoms with Crippen molar-refractivity contribution < 1.29 is 13.9 Å². The Balaban J connectivity index is 2.99. The van der Waals surface area contributed by atoms with Crippen LogP contribution in [-0.4, -0.2) is 17.8 Å². The molecule has 2 unspecified atom stereocenters. The normalized spacial score (nSPS) is 14.4. The van der Waals surface area contributed by atoms with Crippen LogP contribution in [-0.2, 0) is 0 Å². The molecule has 2 nitrogen and oxygen atoms in total. The molecule has 0 saturated heterocycles. The van der Waals surface area contributed by atoms with E-state index < -0.39 is 11.6 Å². The predicted molar refractivity (Wildman–Crippen MR) is 101 cm³/mol. The van der Waals surface area contributed by atoms with Crippen LogP contribution in [0.4, 0.5) is 8.78 Å². The van der Waals surface area contributed by atoms with Gasteiger partial charge in [-0.3, -0.25) is 0 Å². The SMILES string of the molecule is CCCCCC(CCC)C(CC)N/C(=C/CO)c1cccc(F)c1F. The average Bonchev–Trinajstić information content (AvgIpc) is 2.61. The monoisotopic (exact) mass is 353 g/mol. The van der Waals surface area contributed by atoms with Gasteiger partial charge in [0.2, 0.25) is 0 Å². The van der Waals surface area contributed by atoms with Crippen molar-refractivity contribution >= 4 is 5.70 Å². The van der Waals surface area contributed by atoms with Gasteiger partial charge >= 0.3 is 0 Å². The van der Waals surface area contributed by atoms with Crippen LogP contribution in [0.2, 0.25) is 0 Å². The summed E-state index contributed by atoms with van der Waals surface area (Å²) in [6, 6.07) is 4.33. The molecule has 0 spiro atoms. The molecule has 2 N–H and O–H groups in total. The minimum absolute atomic E-state index is 0.177. The Labute approximate surface area is 151 Å². The van der Waals surface area contributed by atoms with Crippen molar-refractivity contribution in [2.24, 2.45) is 5.92 Å². The zero-order valence-corrected chi connectivity index (χ0v) is 15.8. The molecule has 25 heavy (non-hydrogen) atoms. The van der Waals surface area contributed by atoms with Crippen molar-refractivity contribution in [1.29, 1.82) is 0 Å².